The van der Waals surface area contributed by atoms with Crippen molar-refractivity contribution in [1.82, 2.24) is 25.3 Å². The Labute approximate surface area is 168 Å². The first kappa shape index (κ1) is 23.2. The summed E-state index contributed by atoms with van der Waals surface area (Å²) in [7, 11) is 0. The minimum Gasteiger partial charge on any atom is -0.373 e. The van der Waals surface area contributed by atoms with E-state index in [2.05, 4.69) is 34.5 Å². The van der Waals surface area contributed by atoms with E-state index in [1.165, 1.54) is 0 Å². The summed E-state index contributed by atoms with van der Waals surface area (Å²) >= 11 is 0. The summed E-state index contributed by atoms with van der Waals surface area (Å²) in [4.78, 5) is 15.3. The molecule has 0 atom stereocenters. The van der Waals surface area contributed by atoms with Crippen LogP contribution in [0.5, 0.6) is 0 Å². The summed E-state index contributed by atoms with van der Waals surface area (Å²) in [6.45, 7) is 9.99. The molecule has 3 rings (SSSR count). The fraction of sp³-hybridized carbons (Fsp3) is 0.765. The highest BCUT2D eigenvalue weighted by atomic mass is 35.5. The quantitative estimate of drug-likeness (QED) is 0.762. The first-order chi connectivity index (χ1) is 11.5. The van der Waals surface area contributed by atoms with Crippen molar-refractivity contribution in [2.75, 3.05) is 45.9 Å². The molecule has 1 amide bonds. The third-order valence-corrected chi connectivity index (χ3v) is 5.01. The van der Waals surface area contributed by atoms with Crippen LogP contribution in [-0.2, 0) is 15.1 Å². The van der Waals surface area contributed by atoms with E-state index in [0.29, 0.717) is 6.54 Å². The van der Waals surface area contributed by atoms with Gasteiger partial charge in [0.05, 0.1) is 12.2 Å². The zero-order chi connectivity index (χ0) is 17.0. The molecular weight excluding hydrogens is 377 g/mol. The molecule has 2 N–H and O–H groups in total. The summed E-state index contributed by atoms with van der Waals surface area (Å²) < 4.78 is 7.57. The maximum atomic E-state index is 12.9. The molecule has 26 heavy (non-hydrogen) atoms. The number of ether oxygens (including phenoxy) is 1. The topological polar surface area (TPSA) is 71.4 Å². The highest BCUT2D eigenvalue weighted by Crippen LogP contribution is 2.27. The molecule has 1 aromatic heterocycles. The van der Waals surface area contributed by atoms with E-state index in [-0.39, 0.29) is 36.3 Å². The number of rotatable bonds is 5. The molecule has 0 aromatic carbocycles. The number of carbonyl (C=O) groups excluding carboxylic acids is 1. The summed E-state index contributed by atoms with van der Waals surface area (Å²) in [6, 6.07) is 1.88. The Balaban J connectivity index is 0.00000169. The molecule has 2 aliphatic heterocycles. The van der Waals surface area contributed by atoms with Gasteiger partial charge in [0.1, 0.15) is 5.54 Å². The average Bonchev–Trinajstić information content (AvgIpc) is 3.09. The van der Waals surface area contributed by atoms with E-state index in [0.717, 1.165) is 52.2 Å². The molecule has 0 radical (unpaired) electrons. The summed E-state index contributed by atoms with van der Waals surface area (Å²) in [5.41, 5.74) is -0.660. The van der Waals surface area contributed by atoms with E-state index >= 15 is 0 Å². The van der Waals surface area contributed by atoms with Crippen molar-refractivity contribution in [3.63, 3.8) is 0 Å². The molecule has 2 fully saturated rings. The SMILES string of the molecule is CC1(C)CN(CCNC(=O)C2(n3cccn3)CCNCC2)CCO1.Cl.Cl. The van der Waals surface area contributed by atoms with Crippen LogP contribution in [0.1, 0.15) is 26.7 Å². The van der Waals surface area contributed by atoms with Crippen LogP contribution in [0.25, 0.3) is 0 Å². The second-order valence-electron chi connectivity index (χ2n) is 7.37. The fourth-order valence-corrected chi connectivity index (χ4v) is 3.72. The molecule has 3 heterocycles. The maximum Gasteiger partial charge on any atom is 0.248 e. The van der Waals surface area contributed by atoms with E-state index in [1.54, 1.807) is 6.20 Å². The first-order valence-electron chi connectivity index (χ1n) is 8.87. The lowest BCUT2D eigenvalue weighted by Crippen LogP contribution is -2.56. The monoisotopic (exact) mass is 407 g/mol. The van der Waals surface area contributed by atoms with Crippen LogP contribution < -0.4 is 10.6 Å². The summed E-state index contributed by atoms with van der Waals surface area (Å²) in [6.07, 6.45) is 5.18. The normalized spacial score (nSPS) is 21.9. The van der Waals surface area contributed by atoms with Crippen LogP contribution in [0.4, 0.5) is 0 Å². The van der Waals surface area contributed by atoms with Crippen molar-refractivity contribution >= 4 is 30.7 Å². The van der Waals surface area contributed by atoms with E-state index < -0.39 is 5.54 Å². The number of amides is 1. The van der Waals surface area contributed by atoms with Gasteiger partial charge in [0.25, 0.3) is 0 Å². The smallest absolute Gasteiger partial charge is 0.248 e. The maximum absolute atomic E-state index is 12.9. The van der Waals surface area contributed by atoms with E-state index in [9.17, 15) is 4.79 Å². The third-order valence-electron chi connectivity index (χ3n) is 5.01. The molecule has 7 nitrogen and oxygen atoms in total. The van der Waals surface area contributed by atoms with Gasteiger partial charge in [-0.25, -0.2) is 0 Å². The van der Waals surface area contributed by atoms with Gasteiger partial charge in [-0.1, -0.05) is 0 Å². The Morgan fingerprint density at radius 1 is 1.31 bits per heavy atom. The number of nitrogens with zero attached hydrogens (tertiary/aromatic N) is 3. The standard InChI is InChI=1S/C17H29N5O2.2ClH/c1-16(2)14-21(12-13-24-16)11-9-19-15(23)17(4-7-18-8-5-17)22-10-3-6-20-22;;/h3,6,10,18H,4-5,7-9,11-14H2,1-2H3,(H,19,23);2*1H. The van der Waals surface area contributed by atoms with Gasteiger partial charge in [0, 0.05) is 38.6 Å². The van der Waals surface area contributed by atoms with Gasteiger partial charge in [-0.3, -0.25) is 14.4 Å². The minimum atomic E-state index is -0.557. The number of piperidine rings is 1. The molecule has 150 valence electrons. The number of hydrogen-bond donors (Lipinski definition) is 2. The van der Waals surface area contributed by atoms with Gasteiger partial charge in [0.2, 0.25) is 5.91 Å². The summed E-state index contributed by atoms with van der Waals surface area (Å²) in [5, 5.41) is 10.8. The van der Waals surface area contributed by atoms with Crippen molar-refractivity contribution < 1.29 is 9.53 Å². The Morgan fingerprint density at radius 3 is 2.65 bits per heavy atom. The molecule has 0 spiro atoms. The molecule has 9 heteroatoms. The predicted molar refractivity (Wildman–Crippen MR) is 106 cm³/mol. The van der Waals surface area contributed by atoms with Crippen molar-refractivity contribution in [1.29, 1.82) is 0 Å². The van der Waals surface area contributed by atoms with Gasteiger partial charge in [-0.2, -0.15) is 5.10 Å². The predicted octanol–water partition coefficient (Wildman–Crippen LogP) is 1.03. The highest BCUT2D eigenvalue weighted by Gasteiger charge is 2.41. The van der Waals surface area contributed by atoms with Gasteiger partial charge < -0.3 is 15.4 Å². The number of aromatic nitrogens is 2. The lowest BCUT2D eigenvalue weighted by Gasteiger charge is -2.39. The van der Waals surface area contributed by atoms with Crippen LogP contribution in [0.3, 0.4) is 0 Å². The van der Waals surface area contributed by atoms with Crippen LogP contribution in [-0.4, -0.2) is 72.1 Å². The van der Waals surface area contributed by atoms with E-state index in [1.807, 2.05) is 16.9 Å². The molecule has 1 aromatic rings. The molecule has 0 bridgehead atoms. The number of hydrogen-bond acceptors (Lipinski definition) is 5. The zero-order valence-corrected chi connectivity index (χ0v) is 17.2. The van der Waals surface area contributed by atoms with Gasteiger partial charge >= 0.3 is 0 Å². The van der Waals surface area contributed by atoms with Gasteiger partial charge in [-0.15, -0.1) is 24.8 Å². The zero-order valence-electron chi connectivity index (χ0n) is 15.6. The highest BCUT2D eigenvalue weighted by molar-refractivity contribution is 5.85. The van der Waals surface area contributed by atoms with Gasteiger partial charge in [0.15, 0.2) is 0 Å². The second-order valence-corrected chi connectivity index (χ2v) is 7.37. The number of nitrogens with one attached hydrogen (secondary N) is 2. The van der Waals surface area contributed by atoms with Crippen molar-refractivity contribution in [2.45, 2.75) is 37.8 Å². The van der Waals surface area contributed by atoms with Crippen molar-refractivity contribution in [3.05, 3.63) is 18.5 Å². The Hall–Kier alpha value is -0.860. The van der Waals surface area contributed by atoms with Crippen LogP contribution in [0.15, 0.2) is 18.5 Å². The lowest BCUT2D eigenvalue weighted by molar-refractivity contribution is -0.132. The fourth-order valence-electron chi connectivity index (χ4n) is 3.72. The minimum absolute atomic E-state index is 0. The third kappa shape index (κ3) is 5.33. The van der Waals surface area contributed by atoms with Crippen LogP contribution in [0.2, 0.25) is 0 Å². The molecule has 2 saturated heterocycles. The Kier molecular flexibility index (Phi) is 8.82. The largest absolute Gasteiger partial charge is 0.373 e. The number of carbonyl (C=O) groups is 1. The number of halogens is 2. The van der Waals surface area contributed by atoms with Crippen LogP contribution >= 0.6 is 24.8 Å². The Morgan fingerprint density at radius 2 is 2.04 bits per heavy atom. The molecule has 0 unspecified atom stereocenters. The van der Waals surface area contributed by atoms with Crippen molar-refractivity contribution in [2.24, 2.45) is 0 Å². The molecule has 0 aliphatic carbocycles. The average molecular weight is 408 g/mol. The summed E-state index contributed by atoms with van der Waals surface area (Å²) in [5.74, 6) is 0.0835. The van der Waals surface area contributed by atoms with E-state index in [4.69, 9.17) is 4.74 Å². The molecule has 0 saturated carbocycles. The molecule has 2 aliphatic rings. The Bertz CT molecular complexity index is 547. The van der Waals surface area contributed by atoms with Gasteiger partial charge in [-0.05, 0) is 45.8 Å². The van der Waals surface area contributed by atoms with Crippen molar-refractivity contribution in [3.8, 4) is 0 Å². The lowest BCUT2D eigenvalue weighted by atomic mass is 9.87. The molecular formula is C17H31Cl2N5O2. The first-order valence-corrected chi connectivity index (χ1v) is 8.87. The second kappa shape index (κ2) is 9.90. The number of morpholine rings is 1. The van der Waals surface area contributed by atoms with Crippen LogP contribution in [0, 0.1) is 0 Å².